The molecule has 0 aromatic carbocycles. The maximum absolute atomic E-state index is 11.4. The molecular weight excluding hydrogens is 320 g/mol. The van der Waals surface area contributed by atoms with Crippen molar-refractivity contribution < 1.29 is 9.90 Å². The summed E-state index contributed by atoms with van der Waals surface area (Å²) in [6.07, 6.45) is 28.6. The molecule has 0 radical (unpaired) electrons. The third kappa shape index (κ3) is 11.9. The van der Waals surface area contributed by atoms with Crippen molar-refractivity contribution in [2.75, 3.05) is 0 Å². The Bertz CT molecular complexity index is 451. The maximum Gasteiger partial charge on any atom is 0.309 e. The van der Waals surface area contributed by atoms with Gasteiger partial charge in [0.15, 0.2) is 0 Å². The van der Waals surface area contributed by atoms with Crippen LogP contribution in [-0.2, 0) is 4.79 Å². The van der Waals surface area contributed by atoms with E-state index >= 15 is 0 Å². The van der Waals surface area contributed by atoms with Crippen LogP contribution in [0.2, 0.25) is 0 Å². The van der Waals surface area contributed by atoms with E-state index in [0.717, 1.165) is 32.1 Å². The normalized spacial score (nSPS) is 13.0. The predicted molar refractivity (Wildman–Crippen MR) is 114 cm³/mol. The average Bonchev–Trinajstić information content (AvgIpc) is 2.64. The van der Waals surface area contributed by atoms with E-state index in [1.807, 2.05) is 13.8 Å². The van der Waals surface area contributed by atoms with E-state index in [4.69, 9.17) is 0 Å². The van der Waals surface area contributed by atoms with E-state index in [1.54, 1.807) is 0 Å². The van der Waals surface area contributed by atoms with Crippen molar-refractivity contribution in [1.82, 2.24) is 0 Å². The number of hydrogen-bond donors (Lipinski definition) is 1. The van der Waals surface area contributed by atoms with Crippen LogP contribution in [0.3, 0.4) is 0 Å². The molecule has 0 aromatic rings. The summed E-state index contributed by atoms with van der Waals surface area (Å²) in [5.41, 5.74) is -0.546. The molecule has 0 aliphatic carbocycles. The summed E-state index contributed by atoms with van der Waals surface area (Å²) >= 11 is 0. The Labute approximate surface area is 161 Å². The zero-order chi connectivity index (χ0) is 19.5. The van der Waals surface area contributed by atoms with Gasteiger partial charge in [-0.15, -0.1) is 0 Å². The van der Waals surface area contributed by atoms with E-state index < -0.39 is 11.4 Å². The lowest BCUT2D eigenvalue weighted by Crippen LogP contribution is -2.29. The van der Waals surface area contributed by atoms with Gasteiger partial charge in [0, 0.05) is 0 Å². The van der Waals surface area contributed by atoms with Crippen molar-refractivity contribution in [3.05, 3.63) is 48.6 Å². The first-order valence-corrected chi connectivity index (χ1v) is 10.5. The zero-order valence-corrected chi connectivity index (χ0v) is 17.3. The Morgan fingerprint density at radius 3 is 1.62 bits per heavy atom. The number of carboxylic acids is 1. The minimum atomic E-state index is -0.654. The van der Waals surface area contributed by atoms with Crippen molar-refractivity contribution in [3.8, 4) is 0 Å². The van der Waals surface area contributed by atoms with E-state index in [2.05, 4.69) is 55.5 Å². The number of rotatable bonds is 16. The first kappa shape index (κ1) is 24.4. The van der Waals surface area contributed by atoms with Crippen molar-refractivity contribution in [3.63, 3.8) is 0 Å². The van der Waals surface area contributed by atoms with Gasteiger partial charge in [0.1, 0.15) is 0 Å². The molecule has 0 heterocycles. The first-order valence-electron chi connectivity index (χ1n) is 10.5. The van der Waals surface area contributed by atoms with Crippen LogP contribution in [0.5, 0.6) is 0 Å². The summed E-state index contributed by atoms with van der Waals surface area (Å²) in [5, 5.41) is 9.40. The second kappa shape index (κ2) is 16.9. The SMILES string of the molecule is CCCCC/C=C\C/C=C\C/C=C\C/C=C\CCC(CC)(CC)C(=O)O. The van der Waals surface area contributed by atoms with Crippen molar-refractivity contribution in [2.24, 2.45) is 5.41 Å². The number of unbranched alkanes of at least 4 members (excludes halogenated alkanes) is 3. The van der Waals surface area contributed by atoms with Crippen LogP contribution in [0, 0.1) is 5.41 Å². The minimum absolute atomic E-state index is 0.546. The molecule has 0 saturated carbocycles. The number of allylic oxidation sites excluding steroid dienone is 8. The van der Waals surface area contributed by atoms with E-state index in [1.165, 1.54) is 25.7 Å². The largest absolute Gasteiger partial charge is 0.481 e. The molecule has 1 N–H and O–H groups in total. The van der Waals surface area contributed by atoms with Gasteiger partial charge in [-0.1, -0.05) is 82.2 Å². The summed E-state index contributed by atoms with van der Waals surface area (Å²) < 4.78 is 0. The van der Waals surface area contributed by atoms with Crippen molar-refractivity contribution in [1.29, 1.82) is 0 Å². The highest BCUT2D eigenvalue weighted by Crippen LogP contribution is 2.32. The summed E-state index contributed by atoms with van der Waals surface area (Å²) in [6, 6.07) is 0. The molecule has 0 rings (SSSR count). The molecule has 0 atom stereocenters. The summed E-state index contributed by atoms with van der Waals surface area (Å²) in [6.45, 7) is 6.18. The van der Waals surface area contributed by atoms with Gasteiger partial charge in [-0.2, -0.15) is 0 Å². The highest BCUT2D eigenvalue weighted by atomic mass is 16.4. The lowest BCUT2D eigenvalue weighted by atomic mass is 9.78. The van der Waals surface area contributed by atoms with Gasteiger partial charge in [-0.05, 0) is 57.8 Å². The standard InChI is InChI=1S/C24H40O2/c1-4-7-8-9-10-11-12-13-14-15-16-17-18-19-20-21-22-24(5-2,6-3)23(25)26/h10-11,13-14,16-17,19-20H,4-9,12,15,18,21-22H2,1-3H3,(H,25,26)/b11-10-,14-13-,17-16-,20-19-. The molecule has 0 amide bonds. The molecule has 0 bridgehead atoms. The number of carbonyl (C=O) groups is 1. The second-order valence-electron chi connectivity index (χ2n) is 6.92. The van der Waals surface area contributed by atoms with Gasteiger partial charge >= 0.3 is 5.97 Å². The van der Waals surface area contributed by atoms with Crippen LogP contribution >= 0.6 is 0 Å². The highest BCUT2D eigenvalue weighted by molar-refractivity contribution is 5.74. The van der Waals surface area contributed by atoms with E-state index in [9.17, 15) is 9.90 Å². The van der Waals surface area contributed by atoms with Crippen LogP contribution in [-0.4, -0.2) is 11.1 Å². The van der Waals surface area contributed by atoms with Gasteiger partial charge in [0.05, 0.1) is 5.41 Å². The molecule has 0 saturated heterocycles. The molecule has 0 spiro atoms. The quantitative estimate of drug-likeness (QED) is 0.227. The number of carboxylic acid groups (broad SMARTS) is 1. The Hall–Kier alpha value is -1.57. The highest BCUT2D eigenvalue weighted by Gasteiger charge is 2.33. The Morgan fingerprint density at radius 1 is 0.731 bits per heavy atom. The molecule has 148 valence electrons. The molecule has 0 fully saturated rings. The number of aliphatic carboxylic acids is 1. The molecule has 2 heteroatoms. The topological polar surface area (TPSA) is 37.3 Å². The minimum Gasteiger partial charge on any atom is -0.481 e. The van der Waals surface area contributed by atoms with Gasteiger partial charge in [0.25, 0.3) is 0 Å². The smallest absolute Gasteiger partial charge is 0.309 e. The zero-order valence-electron chi connectivity index (χ0n) is 17.3. The van der Waals surface area contributed by atoms with Gasteiger partial charge < -0.3 is 5.11 Å². The lowest BCUT2D eigenvalue weighted by molar-refractivity contribution is -0.149. The summed E-state index contributed by atoms with van der Waals surface area (Å²) in [4.78, 5) is 11.4. The fourth-order valence-corrected chi connectivity index (χ4v) is 2.93. The summed E-state index contributed by atoms with van der Waals surface area (Å²) in [5.74, 6) is -0.654. The Kier molecular flexibility index (Phi) is 15.9. The predicted octanol–water partition coefficient (Wildman–Crippen LogP) is 7.63. The maximum atomic E-state index is 11.4. The van der Waals surface area contributed by atoms with Crippen molar-refractivity contribution in [2.45, 2.75) is 91.4 Å². The lowest BCUT2D eigenvalue weighted by Gasteiger charge is -2.25. The second-order valence-corrected chi connectivity index (χ2v) is 6.92. The fraction of sp³-hybridized carbons (Fsp3) is 0.625. The molecule has 26 heavy (non-hydrogen) atoms. The van der Waals surface area contributed by atoms with Crippen LogP contribution in [0.25, 0.3) is 0 Å². The Morgan fingerprint density at radius 2 is 1.19 bits per heavy atom. The first-order chi connectivity index (χ1) is 12.6. The van der Waals surface area contributed by atoms with Gasteiger partial charge in [0.2, 0.25) is 0 Å². The monoisotopic (exact) mass is 360 g/mol. The molecule has 2 nitrogen and oxygen atoms in total. The average molecular weight is 361 g/mol. The van der Waals surface area contributed by atoms with Crippen molar-refractivity contribution >= 4 is 5.97 Å². The molecule has 0 aliphatic rings. The van der Waals surface area contributed by atoms with E-state index in [-0.39, 0.29) is 0 Å². The van der Waals surface area contributed by atoms with Gasteiger partial charge in [-0.3, -0.25) is 4.79 Å². The van der Waals surface area contributed by atoms with Crippen LogP contribution in [0.1, 0.15) is 91.4 Å². The fourth-order valence-electron chi connectivity index (χ4n) is 2.93. The number of hydrogen-bond acceptors (Lipinski definition) is 1. The van der Waals surface area contributed by atoms with Gasteiger partial charge in [-0.25, -0.2) is 0 Å². The third-order valence-electron chi connectivity index (χ3n) is 5.05. The Balaban J connectivity index is 3.79. The molecule has 0 aromatic heterocycles. The molecular formula is C24H40O2. The van der Waals surface area contributed by atoms with Crippen LogP contribution < -0.4 is 0 Å². The van der Waals surface area contributed by atoms with E-state index in [0.29, 0.717) is 12.8 Å². The molecule has 0 unspecified atom stereocenters. The van der Waals surface area contributed by atoms with Crippen LogP contribution in [0.4, 0.5) is 0 Å². The van der Waals surface area contributed by atoms with Crippen LogP contribution in [0.15, 0.2) is 48.6 Å². The third-order valence-corrected chi connectivity index (χ3v) is 5.05. The summed E-state index contributed by atoms with van der Waals surface area (Å²) in [7, 11) is 0. The molecule has 0 aliphatic heterocycles.